The van der Waals surface area contributed by atoms with Gasteiger partial charge < -0.3 is 4.74 Å². The van der Waals surface area contributed by atoms with Crippen LogP contribution in [0.15, 0.2) is 42.5 Å². The van der Waals surface area contributed by atoms with Crippen molar-refractivity contribution >= 4 is 10.8 Å². The number of piperidine rings is 1. The van der Waals surface area contributed by atoms with E-state index in [0.717, 1.165) is 19.7 Å². The fourth-order valence-electron chi connectivity index (χ4n) is 3.34. The number of hydrogen-bond acceptors (Lipinski definition) is 2. The molecule has 0 N–H and O–H groups in total. The maximum atomic E-state index is 5.32. The molecule has 1 heterocycles. The standard InChI is InChI=1S/C18H23NO/c1-20-14-15-6-5-11-19(12-15)13-17-9-4-8-16-7-2-3-10-18(16)17/h2-4,7-10,15H,5-6,11-14H2,1H3/t15-/m1/s1. The summed E-state index contributed by atoms with van der Waals surface area (Å²) < 4.78 is 5.32. The number of rotatable bonds is 4. The molecule has 1 atom stereocenters. The van der Waals surface area contributed by atoms with Gasteiger partial charge in [0.1, 0.15) is 0 Å². The number of hydrogen-bond donors (Lipinski definition) is 0. The molecule has 20 heavy (non-hydrogen) atoms. The quantitative estimate of drug-likeness (QED) is 0.839. The van der Waals surface area contributed by atoms with E-state index < -0.39 is 0 Å². The Hall–Kier alpha value is -1.38. The highest BCUT2D eigenvalue weighted by Crippen LogP contribution is 2.23. The Morgan fingerprint density at radius 1 is 1.15 bits per heavy atom. The van der Waals surface area contributed by atoms with Crippen LogP contribution in [-0.4, -0.2) is 31.7 Å². The molecule has 2 nitrogen and oxygen atoms in total. The lowest BCUT2D eigenvalue weighted by Gasteiger charge is -2.32. The van der Waals surface area contributed by atoms with Gasteiger partial charge in [0.15, 0.2) is 0 Å². The van der Waals surface area contributed by atoms with Crippen molar-refractivity contribution in [1.82, 2.24) is 4.90 Å². The Morgan fingerprint density at radius 3 is 2.90 bits per heavy atom. The van der Waals surface area contributed by atoms with Crippen LogP contribution in [0.2, 0.25) is 0 Å². The maximum absolute atomic E-state index is 5.32. The summed E-state index contributed by atoms with van der Waals surface area (Å²) in [7, 11) is 1.81. The molecule has 1 fully saturated rings. The number of fused-ring (bicyclic) bond motifs is 1. The van der Waals surface area contributed by atoms with E-state index in [1.807, 2.05) is 7.11 Å². The third-order valence-electron chi connectivity index (χ3n) is 4.28. The maximum Gasteiger partial charge on any atom is 0.0502 e. The van der Waals surface area contributed by atoms with Gasteiger partial charge in [0.25, 0.3) is 0 Å². The zero-order chi connectivity index (χ0) is 13.8. The molecule has 3 rings (SSSR count). The van der Waals surface area contributed by atoms with Gasteiger partial charge in [-0.1, -0.05) is 42.5 Å². The monoisotopic (exact) mass is 269 g/mol. The van der Waals surface area contributed by atoms with E-state index in [0.29, 0.717) is 5.92 Å². The minimum Gasteiger partial charge on any atom is -0.384 e. The van der Waals surface area contributed by atoms with E-state index in [9.17, 15) is 0 Å². The molecule has 1 aliphatic rings. The smallest absolute Gasteiger partial charge is 0.0502 e. The van der Waals surface area contributed by atoms with Crippen molar-refractivity contribution < 1.29 is 4.74 Å². The summed E-state index contributed by atoms with van der Waals surface area (Å²) in [6.45, 7) is 4.33. The average Bonchev–Trinajstić information content (AvgIpc) is 2.48. The third-order valence-corrected chi connectivity index (χ3v) is 4.28. The number of methoxy groups -OCH3 is 1. The lowest BCUT2D eigenvalue weighted by atomic mass is 9.97. The normalized spacial score (nSPS) is 20.4. The zero-order valence-corrected chi connectivity index (χ0v) is 12.2. The van der Waals surface area contributed by atoms with Crippen molar-refractivity contribution in [2.24, 2.45) is 5.92 Å². The van der Waals surface area contributed by atoms with Crippen molar-refractivity contribution in [3.05, 3.63) is 48.0 Å². The Morgan fingerprint density at radius 2 is 2.00 bits per heavy atom. The molecule has 0 bridgehead atoms. The molecule has 0 radical (unpaired) electrons. The molecule has 1 saturated heterocycles. The topological polar surface area (TPSA) is 12.5 Å². The Bertz CT molecular complexity index is 559. The first kappa shape index (κ1) is 13.6. The minimum absolute atomic E-state index is 0.698. The summed E-state index contributed by atoms with van der Waals surface area (Å²) in [5, 5.41) is 2.74. The molecule has 0 aromatic heterocycles. The van der Waals surface area contributed by atoms with Crippen molar-refractivity contribution in [2.75, 3.05) is 26.8 Å². The Labute approximate surface area is 121 Å². The van der Waals surface area contributed by atoms with Gasteiger partial charge in [0.05, 0.1) is 6.61 Å². The van der Waals surface area contributed by atoms with Crippen molar-refractivity contribution in [1.29, 1.82) is 0 Å². The number of benzene rings is 2. The van der Waals surface area contributed by atoms with Crippen LogP contribution in [0.25, 0.3) is 10.8 Å². The van der Waals surface area contributed by atoms with E-state index in [-0.39, 0.29) is 0 Å². The predicted octanol–water partition coefficient (Wildman–Crippen LogP) is 3.70. The molecule has 106 valence electrons. The molecule has 0 amide bonds. The predicted molar refractivity (Wildman–Crippen MR) is 83.8 cm³/mol. The molecular formula is C18H23NO. The molecule has 0 saturated carbocycles. The highest BCUT2D eigenvalue weighted by Gasteiger charge is 2.20. The molecule has 2 aromatic rings. The summed E-state index contributed by atoms with van der Waals surface area (Å²) in [6, 6.07) is 15.3. The lowest BCUT2D eigenvalue weighted by molar-refractivity contribution is 0.0876. The highest BCUT2D eigenvalue weighted by molar-refractivity contribution is 5.85. The molecule has 0 aliphatic carbocycles. The molecule has 1 aliphatic heterocycles. The van der Waals surface area contributed by atoms with Crippen molar-refractivity contribution in [3.63, 3.8) is 0 Å². The molecule has 2 heteroatoms. The summed E-state index contributed by atoms with van der Waals surface area (Å²) >= 11 is 0. The summed E-state index contributed by atoms with van der Waals surface area (Å²) in [6.07, 6.45) is 2.60. The third kappa shape index (κ3) is 3.02. The minimum atomic E-state index is 0.698. The Balaban J connectivity index is 1.76. The summed E-state index contributed by atoms with van der Waals surface area (Å²) in [4.78, 5) is 2.58. The largest absolute Gasteiger partial charge is 0.384 e. The fraction of sp³-hybridized carbons (Fsp3) is 0.444. The van der Waals surface area contributed by atoms with E-state index in [1.165, 1.54) is 35.7 Å². The van der Waals surface area contributed by atoms with Crippen LogP contribution in [0.5, 0.6) is 0 Å². The van der Waals surface area contributed by atoms with Crippen LogP contribution in [0, 0.1) is 5.92 Å². The lowest BCUT2D eigenvalue weighted by Crippen LogP contribution is -2.36. The van der Waals surface area contributed by atoms with Gasteiger partial charge in [-0.05, 0) is 41.6 Å². The number of ether oxygens (including phenoxy) is 1. The summed E-state index contributed by atoms with van der Waals surface area (Å²) in [5.41, 5.74) is 1.45. The number of likely N-dealkylation sites (tertiary alicyclic amines) is 1. The van der Waals surface area contributed by atoms with Gasteiger partial charge in [-0.15, -0.1) is 0 Å². The van der Waals surface area contributed by atoms with Crippen LogP contribution in [0.1, 0.15) is 18.4 Å². The first-order chi connectivity index (χ1) is 9.86. The van der Waals surface area contributed by atoms with Crippen LogP contribution < -0.4 is 0 Å². The number of nitrogens with zero attached hydrogens (tertiary/aromatic N) is 1. The second-order valence-corrected chi connectivity index (χ2v) is 5.84. The molecule has 0 unspecified atom stereocenters. The van der Waals surface area contributed by atoms with Crippen LogP contribution >= 0.6 is 0 Å². The van der Waals surface area contributed by atoms with Crippen molar-refractivity contribution in [2.45, 2.75) is 19.4 Å². The van der Waals surface area contributed by atoms with Crippen LogP contribution in [-0.2, 0) is 11.3 Å². The molecule has 0 spiro atoms. The fourth-order valence-corrected chi connectivity index (χ4v) is 3.34. The van der Waals surface area contributed by atoms with Gasteiger partial charge >= 0.3 is 0 Å². The molecular weight excluding hydrogens is 246 g/mol. The van der Waals surface area contributed by atoms with Gasteiger partial charge in [-0.2, -0.15) is 0 Å². The first-order valence-electron chi connectivity index (χ1n) is 7.55. The SMILES string of the molecule is COC[C@@H]1CCCN(Cc2cccc3ccccc23)C1. The van der Waals surface area contributed by atoms with Crippen LogP contribution in [0.4, 0.5) is 0 Å². The Kier molecular flexibility index (Phi) is 4.34. The van der Waals surface area contributed by atoms with E-state index in [4.69, 9.17) is 4.74 Å². The zero-order valence-electron chi connectivity index (χ0n) is 12.2. The van der Waals surface area contributed by atoms with Gasteiger partial charge in [0, 0.05) is 20.2 Å². The van der Waals surface area contributed by atoms with E-state index in [2.05, 4.69) is 47.4 Å². The second kappa shape index (κ2) is 6.38. The molecule has 2 aromatic carbocycles. The van der Waals surface area contributed by atoms with E-state index >= 15 is 0 Å². The van der Waals surface area contributed by atoms with Gasteiger partial charge in [-0.3, -0.25) is 4.90 Å². The second-order valence-electron chi connectivity index (χ2n) is 5.84. The highest BCUT2D eigenvalue weighted by atomic mass is 16.5. The van der Waals surface area contributed by atoms with E-state index in [1.54, 1.807) is 0 Å². The van der Waals surface area contributed by atoms with Gasteiger partial charge in [0.2, 0.25) is 0 Å². The summed E-state index contributed by atoms with van der Waals surface area (Å²) in [5.74, 6) is 0.698. The van der Waals surface area contributed by atoms with Crippen LogP contribution in [0.3, 0.4) is 0 Å². The van der Waals surface area contributed by atoms with Gasteiger partial charge in [-0.25, -0.2) is 0 Å². The first-order valence-corrected chi connectivity index (χ1v) is 7.55. The van der Waals surface area contributed by atoms with Crippen molar-refractivity contribution in [3.8, 4) is 0 Å². The average molecular weight is 269 g/mol.